The number of alkyl halides is 6. The fraction of sp³-hybridized carbons (Fsp3) is 0.500. The molecule has 40 heavy (non-hydrogen) atoms. The topological polar surface area (TPSA) is 131 Å². The summed E-state index contributed by atoms with van der Waals surface area (Å²) in [7, 11) is 1.67. The number of halogens is 6. The Labute approximate surface area is 224 Å². The van der Waals surface area contributed by atoms with Crippen molar-refractivity contribution >= 4 is 11.9 Å². The molecule has 2 aliphatic rings. The molecule has 4 rings (SSSR count). The van der Waals surface area contributed by atoms with Gasteiger partial charge in [-0.1, -0.05) is 6.07 Å². The lowest BCUT2D eigenvalue weighted by Gasteiger charge is -2.27. The summed E-state index contributed by atoms with van der Waals surface area (Å²) in [6, 6.07) is 8.04. The lowest BCUT2D eigenvalue weighted by molar-refractivity contribution is -0.193. The van der Waals surface area contributed by atoms with Crippen LogP contribution in [0.15, 0.2) is 42.9 Å². The monoisotopic (exact) mass is 583 g/mol. The van der Waals surface area contributed by atoms with Gasteiger partial charge in [0.25, 0.3) is 0 Å². The van der Waals surface area contributed by atoms with Crippen molar-refractivity contribution in [3.05, 3.63) is 54.0 Å². The van der Waals surface area contributed by atoms with E-state index in [9.17, 15) is 26.3 Å². The molecule has 2 aromatic heterocycles. The van der Waals surface area contributed by atoms with Gasteiger partial charge >= 0.3 is 24.3 Å². The molecule has 222 valence electrons. The molecule has 2 atom stereocenters. The molecule has 0 radical (unpaired) electrons. The van der Waals surface area contributed by atoms with Crippen molar-refractivity contribution in [1.29, 1.82) is 0 Å². The Kier molecular flexibility index (Phi) is 11.6. The van der Waals surface area contributed by atoms with E-state index in [0.717, 1.165) is 50.6 Å². The molecule has 0 saturated carbocycles. The second-order valence-corrected chi connectivity index (χ2v) is 8.87. The summed E-state index contributed by atoms with van der Waals surface area (Å²) in [5.74, 6) is -4.29. The maximum absolute atomic E-state index is 10.6. The first-order valence-electron chi connectivity index (χ1n) is 11.5. The molecule has 0 aliphatic carbocycles. The van der Waals surface area contributed by atoms with E-state index in [2.05, 4.69) is 20.9 Å². The second-order valence-electron chi connectivity index (χ2n) is 8.87. The summed E-state index contributed by atoms with van der Waals surface area (Å²) in [6.45, 7) is 5.78. The molecule has 4 heterocycles. The van der Waals surface area contributed by atoms with E-state index in [0.29, 0.717) is 18.4 Å². The van der Waals surface area contributed by atoms with Crippen molar-refractivity contribution in [1.82, 2.24) is 14.9 Å². The van der Waals surface area contributed by atoms with Gasteiger partial charge in [-0.15, -0.1) is 0 Å². The fourth-order valence-electron chi connectivity index (χ4n) is 4.09. The minimum absolute atomic E-state index is 0.0858. The highest BCUT2D eigenvalue weighted by Crippen LogP contribution is 2.42. The van der Waals surface area contributed by atoms with E-state index < -0.39 is 24.3 Å². The molecule has 0 bridgehead atoms. The average Bonchev–Trinajstić information content (AvgIpc) is 3.41. The number of methoxy groups -OCH3 is 1. The van der Waals surface area contributed by atoms with Crippen LogP contribution in [-0.4, -0.2) is 89.4 Å². The Morgan fingerprint density at radius 1 is 1.07 bits per heavy atom. The Bertz CT molecular complexity index is 1080. The number of aliphatic carboxylic acids is 2. The van der Waals surface area contributed by atoms with Crippen LogP contribution in [0.5, 0.6) is 5.88 Å². The number of fused-ring (bicyclic) bond motifs is 1. The highest BCUT2D eigenvalue weighted by atomic mass is 19.4. The molecule has 2 saturated heterocycles. The number of hydrogen-bond acceptors (Lipinski definition) is 8. The van der Waals surface area contributed by atoms with Gasteiger partial charge in [-0.25, -0.2) is 14.6 Å². The van der Waals surface area contributed by atoms with Crippen LogP contribution in [0, 0.1) is 11.3 Å². The van der Waals surface area contributed by atoms with Crippen molar-refractivity contribution in [3.8, 4) is 5.88 Å². The van der Waals surface area contributed by atoms with Gasteiger partial charge in [-0.2, -0.15) is 26.3 Å². The number of aromatic nitrogens is 2. The quantitative estimate of drug-likeness (QED) is 0.468. The zero-order valence-electron chi connectivity index (χ0n) is 21.1. The van der Waals surface area contributed by atoms with Crippen molar-refractivity contribution in [2.24, 2.45) is 11.3 Å². The molecular weight excluding hydrogens is 556 g/mol. The van der Waals surface area contributed by atoms with E-state index in [-0.39, 0.29) is 5.41 Å². The van der Waals surface area contributed by atoms with Crippen molar-refractivity contribution in [2.45, 2.75) is 25.5 Å². The molecule has 0 spiro atoms. The maximum atomic E-state index is 10.6. The molecule has 2 aliphatic heterocycles. The predicted molar refractivity (Wildman–Crippen MR) is 124 cm³/mol. The van der Waals surface area contributed by atoms with Gasteiger partial charge in [0.05, 0.1) is 33.5 Å². The van der Waals surface area contributed by atoms with Crippen LogP contribution in [0.25, 0.3) is 0 Å². The number of carboxylic acids is 2. The first kappa shape index (κ1) is 32.7. The van der Waals surface area contributed by atoms with Gasteiger partial charge in [0, 0.05) is 55.1 Å². The molecule has 16 heteroatoms. The molecule has 10 nitrogen and oxygen atoms in total. The number of hydrogen-bond donors (Lipinski definition) is 2. The maximum Gasteiger partial charge on any atom is 0.490 e. The smallest absolute Gasteiger partial charge is 0.481 e. The van der Waals surface area contributed by atoms with Gasteiger partial charge in [0.1, 0.15) is 0 Å². The fourth-order valence-corrected chi connectivity index (χ4v) is 4.09. The summed E-state index contributed by atoms with van der Waals surface area (Å²) >= 11 is 0. The van der Waals surface area contributed by atoms with E-state index >= 15 is 0 Å². The van der Waals surface area contributed by atoms with Gasteiger partial charge in [-0.3, -0.25) is 9.88 Å². The number of carbonyl (C=O) groups is 2. The van der Waals surface area contributed by atoms with Crippen LogP contribution >= 0.6 is 0 Å². The summed E-state index contributed by atoms with van der Waals surface area (Å²) in [5, 5.41) is 14.2. The Hall–Kier alpha value is -3.50. The average molecular weight is 583 g/mol. The Balaban J connectivity index is 0.000000333. The normalized spacial score (nSPS) is 20.4. The highest BCUT2D eigenvalue weighted by Gasteiger charge is 2.50. The highest BCUT2D eigenvalue weighted by molar-refractivity contribution is 5.73. The van der Waals surface area contributed by atoms with E-state index in [4.69, 9.17) is 34.0 Å². The Morgan fingerprint density at radius 3 is 2.23 bits per heavy atom. The minimum Gasteiger partial charge on any atom is -0.481 e. The zero-order valence-corrected chi connectivity index (χ0v) is 21.1. The summed E-state index contributed by atoms with van der Waals surface area (Å²) < 4.78 is 80.8. The SMILES string of the molecule is COc1ncccc1CN1C[C@@H]2COC[C@]2(COCc2ccncc2)C1.O=C(O)C(F)(F)F.O=C(O)C(F)(F)F. The van der Waals surface area contributed by atoms with Crippen LogP contribution in [-0.2, 0) is 32.2 Å². The molecule has 0 unspecified atom stereocenters. The minimum atomic E-state index is -5.08. The first-order valence-corrected chi connectivity index (χ1v) is 11.5. The zero-order chi connectivity index (χ0) is 30.0. The summed E-state index contributed by atoms with van der Waals surface area (Å²) in [6.07, 6.45) is -4.79. The third kappa shape index (κ3) is 9.91. The molecule has 0 amide bonds. The van der Waals surface area contributed by atoms with Gasteiger partial charge < -0.3 is 24.4 Å². The van der Waals surface area contributed by atoms with Crippen LogP contribution < -0.4 is 4.74 Å². The molecule has 2 N–H and O–H groups in total. The lowest BCUT2D eigenvalue weighted by atomic mass is 9.82. The van der Waals surface area contributed by atoms with Gasteiger partial charge in [-0.05, 0) is 23.8 Å². The van der Waals surface area contributed by atoms with Crippen LogP contribution in [0.3, 0.4) is 0 Å². The van der Waals surface area contributed by atoms with Crippen LogP contribution in [0.1, 0.15) is 11.1 Å². The number of ether oxygens (including phenoxy) is 3. The van der Waals surface area contributed by atoms with Crippen LogP contribution in [0.2, 0.25) is 0 Å². The van der Waals surface area contributed by atoms with Crippen LogP contribution in [0.4, 0.5) is 26.3 Å². The van der Waals surface area contributed by atoms with E-state index in [1.165, 1.54) is 0 Å². The molecule has 0 aromatic carbocycles. The lowest BCUT2D eigenvalue weighted by Crippen LogP contribution is -2.35. The first-order chi connectivity index (χ1) is 18.7. The number of rotatable bonds is 7. The summed E-state index contributed by atoms with van der Waals surface area (Å²) in [5.41, 5.74) is 2.37. The third-order valence-corrected chi connectivity index (χ3v) is 5.92. The molecular formula is C24H27F6N3O7. The summed E-state index contributed by atoms with van der Waals surface area (Å²) in [4.78, 5) is 28.6. The van der Waals surface area contributed by atoms with E-state index in [1.54, 1.807) is 25.7 Å². The molecule has 2 fully saturated rings. The number of nitrogens with zero attached hydrogens (tertiary/aromatic N) is 3. The number of likely N-dealkylation sites (tertiary alicyclic amines) is 1. The predicted octanol–water partition coefficient (Wildman–Crippen LogP) is 3.42. The second kappa shape index (κ2) is 14.2. The standard InChI is InChI=1S/C20H25N3O3.2C2HF3O2/c1-24-19-17(3-2-6-22-19)9-23-10-18-12-26-15-20(18,13-23)14-25-11-16-4-7-21-8-5-16;2*3-2(4,5)1(6)7/h2-8,18H,9-15H2,1H3;2*(H,6,7)/t18-,20-;;/m1../s1. The Morgan fingerprint density at radius 2 is 1.68 bits per heavy atom. The number of carboxylic acid groups (broad SMARTS) is 2. The number of pyridine rings is 2. The van der Waals surface area contributed by atoms with Gasteiger partial charge in [0.15, 0.2) is 0 Å². The molecule has 2 aromatic rings. The van der Waals surface area contributed by atoms with Crippen molar-refractivity contribution < 1.29 is 60.4 Å². The van der Waals surface area contributed by atoms with Crippen molar-refractivity contribution in [2.75, 3.05) is 40.0 Å². The van der Waals surface area contributed by atoms with E-state index in [1.807, 2.05) is 18.2 Å². The largest absolute Gasteiger partial charge is 0.490 e. The van der Waals surface area contributed by atoms with Gasteiger partial charge in [0.2, 0.25) is 5.88 Å². The van der Waals surface area contributed by atoms with Crippen molar-refractivity contribution in [3.63, 3.8) is 0 Å². The third-order valence-electron chi connectivity index (χ3n) is 5.92.